The van der Waals surface area contributed by atoms with Gasteiger partial charge in [-0.1, -0.05) is 0 Å². The summed E-state index contributed by atoms with van der Waals surface area (Å²) in [5.74, 6) is 0.232. The number of benzene rings is 1. The first-order chi connectivity index (χ1) is 9.96. The predicted molar refractivity (Wildman–Crippen MR) is 74.5 cm³/mol. The highest BCUT2D eigenvalue weighted by molar-refractivity contribution is 7.11. The minimum Gasteiger partial charge on any atom is -0.488 e. The van der Waals surface area contributed by atoms with Crippen molar-refractivity contribution in [3.63, 3.8) is 0 Å². The minimum absolute atomic E-state index is 0.262. The summed E-state index contributed by atoms with van der Waals surface area (Å²) in [4.78, 5) is 2.25. The zero-order valence-electron chi connectivity index (χ0n) is 11.2. The van der Waals surface area contributed by atoms with E-state index >= 15 is 0 Å². The molecule has 2 rings (SSSR count). The van der Waals surface area contributed by atoms with Crippen molar-refractivity contribution in [2.24, 2.45) is 0 Å². The molecule has 0 atom stereocenters. The van der Waals surface area contributed by atoms with Crippen molar-refractivity contribution in [2.45, 2.75) is 19.5 Å². The Morgan fingerprint density at radius 2 is 1.62 bits per heavy atom. The van der Waals surface area contributed by atoms with Crippen LogP contribution in [0.15, 0.2) is 36.4 Å². The highest BCUT2D eigenvalue weighted by atomic mass is 32.1. The molecular weight excluding hydrogens is 303 g/mol. The molecule has 0 aliphatic rings. The Morgan fingerprint density at radius 3 is 2.24 bits per heavy atom. The third-order valence-corrected chi connectivity index (χ3v) is 3.57. The van der Waals surface area contributed by atoms with Crippen molar-refractivity contribution in [1.82, 2.24) is 5.32 Å². The number of thiophene rings is 1. The smallest absolute Gasteiger partial charge is 0.488 e. The molecule has 0 unspecified atom stereocenters. The molecule has 1 aromatic carbocycles. The summed E-state index contributed by atoms with van der Waals surface area (Å²) in [6, 6.07) is 9.33. The Labute approximate surface area is 124 Å². The summed E-state index contributed by atoms with van der Waals surface area (Å²) < 4.78 is 45.4. The average Bonchev–Trinajstić information content (AvgIpc) is 2.84. The minimum atomic E-state index is -4.68. The molecule has 3 nitrogen and oxygen atoms in total. The lowest BCUT2D eigenvalue weighted by atomic mass is 10.3. The second-order valence-corrected chi connectivity index (χ2v) is 5.46. The number of nitrogens with one attached hydrogen (secondary N) is 1. The van der Waals surface area contributed by atoms with Crippen LogP contribution < -0.4 is 14.8 Å². The van der Waals surface area contributed by atoms with E-state index in [1.807, 2.05) is 19.2 Å². The van der Waals surface area contributed by atoms with Crippen LogP contribution in [0.25, 0.3) is 0 Å². The lowest BCUT2D eigenvalue weighted by Gasteiger charge is -2.09. The van der Waals surface area contributed by atoms with Gasteiger partial charge in [-0.3, -0.25) is 0 Å². The van der Waals surface area contributed by atoms with E-state index in [-0.39, 0.29) is 5.75 Å². The Balaban J connectivity index is 1.88. The third-order valence-electron chi connectivity index (χ3n) is 2.51. The van der Waals surface area contributed by atoms with Crippen molar-refractivity contribution in [2.75, 3.05) is 7.05 Å². The van der Waals surface area contributed by atoms with Crippen molar-refractivity contribution in [3.05, 3.63) is 46.2 Å². The highest BCUT2D eigenvalue weighted by Crippen LogP contribution is 2.25. The first-order valence-electron chi connectivity index (χ1n) is 6.17. The number of hydrogen-bond acceptors (Lipinski definition) is 4. The summed E-state index contributed by atoms with van der Waals surface area (Å²) in [7, 11) is 1.88. The van der Waals surface area contributed by atoms with Gasteiger partial charge in [0.1, 0.15) is 18.1 Å². The zero-order valence-corrected chi connectivity index (χ0v) is 12.1. The molecule has 0 spiro atoms. The van der Waals surface area contributed by atoms with Crippen LogP contribution in [-0.2, 0) is 13.2 Å². The predicted octanol–water partition coefficient (Wildman–Crippen LogP) is 3.95. The van der Waals surface area contributed by atoms with Gasteiger partial charge in [0.25, 0.3) is 0 Å². The third kappa shape index (κ3) is 5.28. The molecule has 0 saturated carbocycles. The molecular formula is C14H14F3NO2S. The van der Waals surface area contributed by atoms with Crippen LogP contribution in [0.3, 0.4) is 0 Å². The summed E-state index contributed by atoms with van der Waals surface area (Å²) in [6.45, 7) is 1.18. The van der Waals surface area contributed by atoms with Gasteiger partial charge in [-0.15, -0.1) is 24.5 Å². The molecule has 1 N–H and O–H groups in total. The molecule has 0 saturated heterocycles. The quantitative estimate of drug-likeness (QED) is 0.875. The van der Waals surface area contributed by atoms with Gasteiger partial charge in [0, 0.05) is 16.3 Å². The van der Waals surface area contributed by atoms with Crippen LogP contribution in [-0.4, -0.2) is 13.4 Å². The SMILES string of the molecule is CNCc1ccc(COc2ccc(OC(F)(F)F)cc2)s1. The molecule has 0 aliphatic heterocycles. The maximum atomic E-state index is 12.0. The van der Waals surface area contributed by atoms with Gasteiger partial charge in [0.15, 0.2) is 0 Å². The standard InChI is InChI=1S/C14H14F3NO2S/c1-18-8-12-6-7-13(21-12)9-19-10-2-4-11(5-3-10)20-14(15,16)17/h2-7,18H,8-9H2,1H3. The Kier molecular flexibility index (Phi) is 5.08. The summed E-state index contributed by atoms with van der Waals surface area (Å²) >= 11 is 1.63. The van der Waals surface area contributed by atoms with Crippen LogP contribution >= 0.6 is 11.3 Å². The monoisotopic (exact) mass is 317 g/mol. The molecule has 0 aliphatic carbocycles. The van der Waals surface area contributed by atoms with Crippen molar-refractivity contribution < 1.29 is 22.6 Å². The lowest BCUT2D eigenvalue weighted by Crippen LogP contribution is -2.16. The molecule has 0 radical (unpaired) electrons. The highest BCUT2D eigenvalue weighted by Gasteiger charge is 2.30. The second kappa shape index (κ2) is 6.82. The zero-order chi connectivity index (χ0) is 15.3. The number of rotatable bonds is 6. The lowest BCUT2D eigenvalue weighted by molar-refractivity contribution is -0.274. The van der Waals surface area contributed by atoms with E-state index in [2.05, 4.69) is 10.1 Å². The van der Waals surface area contributed by atoms with Crippen LogP contribution in [0, 0.1) is 0 Å². The molecule has 0 fully saturated rings. The van der Waals surface area contributed by atoms with Gasteiger partial charge in [0.2, 0.25) is 0 Å². The van der Waals surface area contributed by atoms with Crippen LogP contribution in [0.5, 0.6) is 11.5 Å². The molecule has 21 heavy (non-hydrogen) atoms. The fraction of sp³-hybridized carbons (Fsp3) is 0.286. The summed E-state index contributed by atoms with van der Waals surface area (Å²) in [6.07, 6.45) is -4.68. The van der Waals surface area contributed by atoms with E-state index in [1.54, 1.807) is 11.3 Å². The maximum Gasteiger partial charge on any atom is 0.573 e. The molecule has 0 bridgehead atoms. The Bertz CT molecular complexity index is 566. The molecule has 2 aromatic rings. The van der Waals surface area contributed by atoms with Crippen molar-refractivity contribution in [3.8, 4) is 11.5 Å². The average molecular weight is 317 g/mol. The Hall–Kier alpha value is -1.73. The number of hydrogen-bond donors (Lipinski definition) is 1. The van der Waals surface area contributed by atoms with Crippen LogP contribution in [0.1, 0.15) is 9.75 Å². The van der Waals surface area contributed by atoms with E-state index in [0.717, 1.165) is 11.4 Å². The van der Waals surface area contributed by atoms with Gasteiger partial charge in [-0.2, -0.15) is 0 Å². The number of halogens is 3. The fourth-order valence-electron chi connectivity index (χ4n) is 1.66. The molecule has 114 valence electrons. The first-order valence-corrected chi connectivity index (χ1v) is 6.99. The summed E-state index contributed by atoms with van der Waals surface area (Å²) in [5, 5.41) is 3.06. The van der Waals surface area contributed by atoms with E-state index in [4.69, 9.17) is 4.74 Å². The van der Waals surface area contributed by atoms with Gasteiger partial charge in [-0.25, -0.2) is 0 Å². The van der Waals surface area contributed by atoms with E-state index < -0.39 is 6.36 Å². The van der Waals surface area contributed by atoms with Crippen LogP contribution in [0.4, 0.5) is 13.2 Å². The van der Waals surface area contributed by atoms with Gasteiger partial charge in [-0.05, 0) is 43.4 Å². The fourth-order valence-corrected chi connectivity index (χ4v) is 2.60. The van der Waals surface area contributed by atoms with E-state index in [0.29, 0.717) is 12.4 Å². The molecule has 1 heterocycles. The van der Waals surface area contributed by atoms with Crippen molar-refractivity contribution in [1.29, 1.82) is 0 Å². The van der Waals surface area contributed by atoms with Gasteiger partial charge in [0.05, 0.1) is 0 Å². The maximum absolute atomic E-state index is 12.0. The van der Waals surface area contributed by atoms with Crippen LogP contribution in [0.2, 0.25) is 0 Å². The molecule has 0 amide bonds. The van der Waals surface area contributed by atoms with Gasteiger partial charge < -0.3 is 14.8 Å². The van der Waals surface area contributed by atoms with Gasteiger partial charge >= 0.3 is 6.36 Å². The molecule has 1 aromatic heterocycles. The normalized spacial score (nSPS) is 11.4. The molecule has 7 heteroatoms. The summed E-state index contributed by atoms with van der Waals surface area (Å²) in [5.41, 5.74) is 0. The number of ether oxygens (including phenoxy) is 2. The first kappa shape index (κ1) is 15.7. The van der Waals surface area contributed by atoms with Crippen molar-refractivity contribution >= 4 is 11.3 Å². The topological polar surface area (TPSA) is 30.5 Å². The largest absolute Gasteiger partial charge is 0.573 e. The Morgan fingerprint density at radius 1 is 1.00 bits per heavy atom. The van der Waals surface area contributed by atoms with E-state index in [1.165, 1.54) is 29.1 Å². The number of alkyl halides is 3. The van der Waals surface area contributed by atoms with E-state index in [9.17, 15) is 13.2 Å². The second-order valence-electron chi connectivity index (χ2n) is 4.21.